The van der Waals surface area contributed by atoms with Crippen LogP contribution in [0.2, 0.25) is 0 Å². The van der Waals surface area contributed by atoms with Crippen molar-refractivity contribution in [1.82, 2.24) is 0 Å². The van der Waals surface area contributed by atoms with Gasteiger partial charge in [0.25, 0.3) is 0 Å². The van der Waals surface area contributed by atoms with E-state index in [0.717, 1.165) is 36.5 Å². The van der Waals surface area contributed by atoms with Crippen molar-refractivity contribution in [3.05, 3.63) is 24.3 Å². The molecule has 0 atom stereocenters. The summed E-state index contributed by atoms with van der Waals surface area (Å²) >= 11 is 1.91. The second-order valence-electron chi connectivity index (χ2n) is 8.32. The van der Waals surface area contributed by atoms with Crippen LogP contribution in [0.25, 0.3) is 0 Å². The zero-order chi connectivity index (χ0) is 15.4. The van der Waals surface area contributed by atoms with Gasteiger partial charge in [-0.15, -0.1) is 11.8 Å². The third-order valence-electron chi connectivity index (χ3n) is 6.68. The lowest BCUT2D eigenvalue weighted by atomic mass is 9.49. The van der Waals surface area contributed by atoms with Gasteiger partial charge < -0.3 is 4.90 Å². The normalized spacial score (nSPS) is 38.3. The van der Waals surface area contributed by atoms with Crippen LogP contribution in [-0.2, 0) is 4.79 Å². The van der Waals surface area contributed by atoms with E-state index in [4.69, 9.17) is 0 Å². The molecule has 122 valence electrons. The first kappa shape index (κ1) is 14.4. The van der Waals surface area contributed by atoms with Gasteiger partial charge in [0.2, 0.25) is 5.91 Å². The third-order valence-corrected chi connectivity index (χ3v) is 7.83. The van der Waals surface area contributed by atoms with Crippen molar-refractivity contribution < 1.29 is 4.79 Å². The van der Waals surface area contributed by atoms with Crippen molar-refractivity contribution >= 4 is 23.4 Å². The highest BCUT2D eigenvalue weighted by Crippen LogP contribution is 2.61. The highest BCUT2D eigenvalue weighted by molar-refractivity contribution is 7.99. The van der Waals surface area contributed by atoms with Gasteiger partial charge in [-0.2, -0.15) is 0 Å². The number of hydrogen-bond donors (Lipinski definition) is 0. The average Bonchev–Trinajstić information content (AvgIpc) is 2.75. The van der Waals surface area contributed by atoms with Crippen molar-refractivity contribution in [2.75, 3.05) is 17.2 Å². The molecule has 6 rings (SSSR count). The van der Waals surface area contributed by atoms with E-state index < -0.39 is 0 Å². The fourth-order valence-corrected chi connectivity index (χ4v) is 7.19. The molecular formula is C20H25NOS. The molecule has 0 aromatic heterocycles. The van der Waals surface area contributed by atoms with Crippen LogP contribution in [-0.4, -0.2) is 18.2 Å². The Labute approximate surface area is 143 Å². The van der Waals surface area contributed by atoms with Gasteiger partial charge in [-0.3, -0.25) is 4.79 Å². The first-order valence-electron chi connectivity index (χ1n) is 9.27. The zero-order valence-electron chi connectivity index (χ0n) is 13.7. The Hall–Kier alpha value is -0.960. The maximum atomic E-state index is 13.7. The molecule has 0 radical (unpaired) electrons. The lowest BCUT2D eigenvalue weighted by Crippen LogP contribution is -2.55. The van der Waals surface area contributed by atoms with E-state index in [-0.39, 0.29) is 5.41 Å². The van der Waals surface area contributed by atoms with Gasteiger partial charge in [-0.25, -0.2) is 0 Å². The molecule has 4 aliphatic carbocycles. The van der Waals surface area contributed by atoms with Gasteiger partial charge in [0, 0.05) is 11.4 Å². The molecule has 1 amide bonds. The summed E-state index contributed by atoms with van der Waals surface area (Å²) in [7, 11) is 0. The zero-order valence-corrected chi connectivity index (χ0v) is 14.5. The van der Waals surface area contributed by atoms with Crippen molar-refractivity contribution in [2.45, 2.75) is 49.8 Å². The number of fused-ring (bicyclic) bond motifs is 1. The van der Waals surface area contributed by atoms with Crippen LogP contribution < -0.4 is 4.90 Å². The maximum Gasteiger partial charge on any atom is 0.233 e. The predicted molar refractivity (Wildman–Crippen MR) is 94.7 cm³/mol. The summed E-state index contributed by atoms with van der Waals surface area (Å²) in [6, 6.07) is 8.53. The molecule has 4 fully saturated rings. The Balaban J connectivity index is 1.51. The van der Waals surface area contributed by atoms with Crippen LogP contribution in [0, 0.1) is 23.2 Å². The van der Waals surface area contributed by atoms with E-state index in [1.807, 2.05) is 11.8 Å². The predicted octanol–water partition coefficient (Wildman–Crippen LogP) is 4.73. The van der Waals surface area contributed by atoms with Crippen LogP contribution in [0.4, 0.5) is 5.69 Å². The minimum atomic E-state index is -0.0170. The molecule has 1 heterocycles. The Morgan fingerprint density at radius 1 is 1.04 bits per heavy atom. The quantitative estimate of drug-likeness (QED) is 0.743. The maximum absolute atomic E-state index is 13.7. The molecule has 0 saturated heterocycles. The van der Waals surface area contributed by atoms with E-state index in [0.29, 0.717) is 5.91 Å². The van der Waals surface area contributed by atoms with Crippen LogP contribution in [0.5, 0.6) is 0 Å². The van der Waals surface area contributed by atoms with Gasteiger partial charge in [0.15, 0.2) is 0 Å². The number of anilines is 1. The first-order chi connectivity index (χ1) is 11.2. The van der Waals surface area contributed by atoms with Crippen molar-refractivity contribution in [1.29, 1.82) is 0 Å². The Morgan fingerprint density at radius 2 is 1.70 bits per heavy atom. The van der Waals surface area contributed by atoms with E-state index in [1.54, 1.807) is 0 Å². The molecule has 1 aromatic rings. The highest BCUT2D eigenvalue weighted by Gasteiger charge is 2.55. The summed E-state index contributed by atoms with van der Waals surface area (Å²) in [6.45, 7) is 0.907. The van der Waals surface area contributed by atoms with E-state index >= 15 is 0 Å². The molecule has 0 N–H and O–H groups in total. The second-order valence-corrected chi connectivity index (χ2v) is 9.46. The topological polar surface area (TPSA) is 20.3 Å². The summed E-state index contributed by atoms with van der Waals surface area (Å²) in [5.41, 5.74) is 1.16. The molecule has 1 aromatic carbocycles. The molecule has 0 spiro atoms. The lowest BCUT2D eigenvalue weighted by Gasteiger charge is -2.56. The number of hydrogen-bond acceptors (Lipinski definition) is 2. The fraction of sp³-hybridized carbons (Fsp3) is 0.650. The standard InChI is InChI=1S/C20H25NOS/c22-19(20-11-14-8-15(12-20)10-16(9-14)13-20)21-6-3-7-23-18-5-2-1-4-17(18)21/h1-2,4-5,14-16H,3,6-13H2. The number of carbonyl (C=O) groups is 1. The smallest absolute Gasteiger partial charge is 0.233 e. The summed E-state index contributed by atoms with van der Waals surface area (Å²) in [5.74, 6) is 4.10. The van der Waals surface area contributed by atoms with Gasteiger partial charge >= 0.3 is 0 Å². The summed E-state index contributed by atoms with van der Waals surface area (Å²) in [5, 5.41) is 0. The van der Waals surface area contributed by atoms with Gasteiger partial charge in [0.1, 0.15) is 0 Å². The molecular weight excluding hydrogens is 302 g/mol. The van der Waals surface area contributed by atoms with Gasteiger partial charge in [-0.1, -0.05) is 12.1 Å². The van der Waals surface area contributed by atoms with Gasteiger partial charge in [0.05, 0.1) is 11.1 Å². The van der Waals surface area contributed by atoms with E-state index in [2.05, 4.69) is 29.2 Å². The van der Waals surface area contributed by atoms with Crippen LogP contribution in [0.1, 0.15) is 44.9 Å². The number of amides is 1. The second kappa shape index (κ2) is 5.27. The monoisotopic (exact) mass is 327 g/mol. The number of para-hydroxylation sites is 1. The average molecular weight is 327 g/mol. The SMILES string of the molecule is O=C(N1CCCSc2ccccc21)C12CC3CC(CC(C3)C1)C2. The largest absolute Gasteiger partial charge is 0.311 e. The fourth-order valence-electron chi connectivity index (χ4n) is 6.20. The molecule has 23 heavy (non-hydrogen) atoms. The Morgan fingerprint density at radius 3 is 2.39 bits per heavy atom. The molecule has 2 nitrogen and oxygen atoms in total. The summed E-state index contributed by atoms with van der Waals surface area (Å²) in [4.78, 5) is 17.1. The molecule has 3 heteroatoms. The first-order valence-corrected chi connectivity index (χ1v) is 10.3. The number of nitrogens with zero attached hydrogens (tertiary/aromatic N) is 1. The van der Waals surface area contributed by atoms with Crippen molar-refractivity contribution in [2.24, 2.45) is 23.2 Å². The number of thioether (sulfide) groups is 1. The minimum Gasteiger partial charge on any atom is -0.311 e. The van der Waals surface area contributed by atoms with Crippen LogP contribution in [0.15, 0.2) is 29.2 Å². The summed E-state index contributed by atoms with van der Waals surface area (Å²) < 4.78 is 0. The lowest BCUT2D eigenvalue weighted by molar-refractivity contribution is -0.143. The van der Waals surface area contributed by atoms with E-state index in [9.17, 15) is 4.79 Å². The van der Waals surface area contributed by atoms with Crippen molar-refractivity contribution in [3.8, 4) is 0 Å². The Kier molecular flexibility index (Phi) is 3.30. The van der Waals surface area contributed by atoms with Gasteiger partial charge in [-0.05, 0) is 80.6 Å². The Bertz CT molecular complexity index is 605. The van der Waals surface area contributed by atoms with Crippen LogP contribution in [0.3, 0.4) is 0 Å². The van der Waals surface area contributed by atoms with Crippen molar-refractivity contribution in [3.63, 3.8) is 0 Å². The highest BCUT2D eigenvalue weighted by atomic mass is 32.2. The number of benzene rings is 1. The molecule has 4 bridgehead atoms. The molecule has 4 saturated carbocycles. The third kappa shape index (κ3) is 2.26. The molecule has 0 unspecified atom stereocenters. The van der Waals surface area contributed by atoms with Crippen LogP contribution >= 0.6 is 11.8 Å². The minimum absolute atomic E-state index is 0.0170. The molecule has 5 aliphatic rings. The summed E-state index contributed by atoms with van der Waals surface area (Å²) in [6.07, 6.45) is 8.82. The number of rotatable bonds is 1. The molecule has 1 aliphatic heterocycles. The number of carbonyl (C=O) groups excluding carboxylic acids is 1. The van der Waals surface area contributed by atoms with E-state index in [1.165, 1.54) is 49.1 Å².